The summed E-state index contributed by atoms with van der Waals surface area (Å²) in [5.74, 6) is 0.664. The lowest BCUT2D eigenvalue weighted by Crippen LogP contribution is -2.27. The number of thiol groups is 1. The van der Waals surface area contributed by atoms with Crippen LogP contribution in [0.4, 0.5) is 0 Å². The molecule has 0 fully saturated rings. The Labute approximate surface area is 63.0 Å². The molecule has 0 saturated carbocycles. The van der Waals surface area contributed by atoms with E-state index < -0.39 is 8.32 Å². The molecule has 0 aliphatic carbocycles. The van der Waals surface area contributed by atoms with Gasteiger partial charge in [0.1, 0.15) is 0 Å². The SMILES string of the molecule is CC(=NS)O[Si](C)(C)C. The maximum absolute atomic E-state index is 5.40. The van der Waals surface area contributed by atoms with Gasteiger partial charge in [-0.1, -0.05) is 0 Å². The molecule has 0 rings (SSSR count). The maximum Gasteiger partial charge on any atom is 0.243 e. The van der Waals surface area contributed by atoms with E-state index in [9.17, 15) is 0 Å². The first-order valence-corrected chi connectivity index (χ1v) is 6.64. The highest BCUT2D eigenvalue weighted by Crippen LogP contribution is 2.03. The van der Waals surface area contributed by atoms with Crippen molar-refractivity contribution in [1.29, 1.82) is 0 Å². The van der Waals surface area contributed by atoms with Crippen LogP contribution in [0.2, 0.25) is 19.6 Å². The van der Waals surface area contributed by atoms with Crippen molar-refractivity contribution in [1.82, 2.24) is 0 Å². The van der Waals surface area contributed by atoms with Gasteiger partial charge in [-0.25, -0.2) is 0 Å². The lowest BCUT2D eigenvalue weighted by molar-refractivity contribution is 0.550. The van der Waals surface area contributed by atoms with Crippen molar-refractivity contribution in [2.75, 3.05) is 0 Å². The van der Waals surface area contributed by atoms with Gasteiger partial charge in [0.2, 0.25) is 8.32 Å². The van der Waals surface area contributed by atoms with Crippen LogP contribution in [0.5, 0.6) is 0 Å². The molecule has 0 N–H and O–H groups in total. The van der Waals surface area contributed by atoms with Crippen molar-refractivity contribution < 1.29 is 4.43 Å². The van der Waals surface area contributed by atoms with E-state index in [1.807, 2.05) is 6.92 Å². The minimum atomic E-state index is -1.42. The van der Waals surface area contributed by atoms with Gasteiger partial charge in [0.25, 0.3) is 0 Å². The topological polar surface area (TPSA) is 21.6 Å². The van der Waals surface area contributed by atoms with Crippen molar-refractivity contribution in [2.24, 2.45) is 4.40 Å². The number of hydrogen-bond donors (Lipinski definition) is 1. The van der Waals surface area contributed by atoms with Gasteiger partial charge >= 0.3 is 0 Å². The fraction of sp³-hybridized carbons (Fsp3) is 0.800. The fourth-order valence-corrected chi connectivity index (χ4v) is 1.51. The standard InChI is InChI=1S/C5H13NOSSi/c1-5(6-8)7-9(2,3)4/h8H,1-4H3. The van der Waals surface area contributed by atoms with Crippen molar-refractivity contribution >= 4 is 27.0 Å². The van der Waals surface area contributed by atoms with Crippen molar-refractivity contribution in [3.63, 3.8) is 0 Å². The molecule has 0 aromatic rings. The lowest BCUT2D eigenvalue weighted by atomic mass is 10.8. The molecular formula is C5H13NOSSi. The molecule has 0 bridgehead atoms. The number of nitrogens with zero attached hydrogens (tertiary/aromatic N) is 1. The molecule has 0 unspecified atom stereocenters. The van der Waals surface area contributed by atoms with Crippen LogP contribution in [-0.4, -0.2) is 14.2 Å². The quantitative estimate of drug-likeness (QED) is 0.272. The molecule has 9 heavy (non-hydrogen) atoms. The monoisotopic (exact) mass is 163 g/mol. The van der Waals surface area contributed by atoms with E-state index in [4.69, 9.17) is 4.43 Å². The van der Waals surface area contributed by atoms with Gasteiger partial charge < -0.3 is 4.43 Å². The highest BCUT2D eigenvalue weighted by atomic mass is 32.1. The predicted molar refractivity (Wildman–Crippen MR) is 46.5 cm³/mol. The Kier molecular flexibility index (Phi) is 3.28. The van der Waals surface area contributed by atoms with Gasteiger partial charge in [0.15, 0.2) is 5.90 Å². The number of hydrogen-bond acceptors (Lipinski definition) is 3. The summed E-state index contributed by atoms with van der Waals surface area (Å²) >= 11 is 3.71. The Morgan fingerprint density at radius 3 is 2.00 bits per heavy atom. The van der Waals surface area contributed by atoms with E-state index in [1.54, 1.807) is 0 Å². The Balaban J connectivity index is 3.75. The highest BCUT2D eigenvalue weighted by Gasteiger charge is 2.15. The Bertz CT molecular complexity index is 119. The first-order chi connectivity index (χ1) is 3.95. The third kappa shape index (κ3) is 5.91. The van der Waals surface area contributed by atoms with Gasteiger partial charge in [-0.05, 0) is 32.5 Å². The van der Waals surface area contributed by atoms with Crippen LogP contribution in [0.15, 0.2) is 4.40 Å². The molecule has 0 aromatic heterocycles. The first-order valence-electron chi connectivity index (χ1n) is 2.83. The molecule has 0 heterocycles. The fourth-order valence-electron chi connectivity index (χ4n) is 0.464. The van der Waals surface area contributed by atoms with Crippen LogP contribution >= 0.6 is 12.8 Å². The molecular weight excluding hydrogens is 150 g/mol. The molecule has 0 aromatic carbocycles. The second-order valence-electron chi connectivity index (χ2n) is 2.83. The van der Waals surface area contributed by atoms with Crippen LogP contribution in [0, 0.1) is 0 Å². The van der Waals surface area contributed by atoms with Crippen LogP contribution in [0.3, 0.4) is 0 Å². The smallest absolute Gasteiger partial charge is 0.243 e. The molecule has 0 saturated heterocycles. The van der Waals surface area contributed by atoms with Gasteiger partial charge in [-0.2, -0.15) is 4.40 Å². The average Bonchev–Trinajstić information content (AvgIpc) is 1.62. The summed E-state index contributed by atoms with van der Waals surface area (Å²) in [5, 5.41) is 0. The van der Waals surface area contributed by atoms with Crippen LogP contribution in [0.25, 0.3) is 0 Å². The maximum atomic E-state index is 5.40. The molecule has 0 amide bonds. The van der Waals surface area contributed by atoms with Gasteiger partial charge in [-0.15, -0.1) is 0 Å². The molecule has 0 spiro atoms. The zero-order valence-electron chi connectivity index (χ0n) is 6.30. The summed E-state index contributed by atoms with van der Waals surface area (Å²) in [6, 6.07) is 0. The second-order valence-corrected chi connectivity index (χ2v) is 7.46. The minimum Gasteiger partial charge on any atom is -0.534 e. The molecule has 0 radical (unpaired) electrons. The molecule has 0 aliphatic heterocycles. The Morgan fingerprint density at radius 1 is 1.44 bits per heavy atom. The summed E-state index contributed by atoms with van der Waals surface area (Å²) in [6.07, 6.45) is 0. The molecule has 54 valence electrons. The predicted octanol–water partition coefficient (Wildman–Crippen LogP) is 2.10. The summed E-state index contributed by atoms with van der Waals surface area (Å²) in [4.78, 5) is 0. The van der Waals surface area contributed by atoms with Gasteiger partial charge in [0, 0.05) is 6.92 Å². The molecule has 2 nitrogen and oxygen atoms in total. The summed E-state index contributed by atoms with van der Waals surface area (Å²) < 4.78 is 9.00. The lowest BCUT2D eigenvalue weighted by Gasteiger charge is -2.17. The zero-order valence-corrected chi connectivity index (χ0v) is 8.20. The zero-order chi connectivity index (χ0) is 7.49. The second kappa shape index (κ2) is 3.27. The van der Waals surface area contributed by atoms with Gasteiger partial charge in [0.05, 0.1) is 0 Å². The van der Waals surface area contributed by atoms with E-state index in [1.165, 1.54) is 0 Å². The molecule has 0 aliphatic rings. The third-order valence-electron chi connectivity index (χ3n) is 0.595. The Morgan fingerprint density at radius 2 is 1.89 bits per heavy atom. The van der Waals surface area contributed by atoms with E-state index in [2.05, 4.69) is 36.9 Å². The van der Waals surface area contributed by atoms with E-state index in [0.717, 1.165) is 0 Å². The van der Waals surface area contributed by atoms with Crippen molar-refractivity contribution in [3.05, 3.63) is 0 Å². The van der Waals surface area contributed by atoms with Crippen LogP contribution in [-0.2, 0) is 4.43 Å². The minimum absolute atomic E-state index is 0.664. The van der Waals surface area contributed by atoms with Crippen molar-refractivity contribution in [2.45, 2.75) is 26.6 Å². The molecule has 4 heteroatoms. The van der Waals surface area contributed by atoms with Crippen molar-refractivity contribution in [3.8, 4) is 0 Å². The molecule has 0 atom stereocenters. The van der Waals surface area contributed by atoms with E-state index in [-0.39, 0.29) is 0 Å². The van der Waals surface area contributed by atoms with Gasteiger partial charge in [-0.3, -0.25) is 0 Å². The van der Waals surface area contributed by atoms with Crippen LogP contribution < -0.4 is 0 Å². The average molecular weight is 163 g/mol. The highest BCUT2D eigenvalue weighted by molar-refractivity contribution is 7.79. The Hall–Kier alpha value is 0.0369. The number of rotatable bonds is 1. The van der Waals surface area contributed by atoms with Crippen LogP contribution in [0.1, 0.15) is 6.92 Å². The summed E-state index contributed by atoms with van der Waals surface area (Å²) in [5.41, 5.74) is 0. The van der Waals surface area contributed by atoms with E-state index in [0.29, 0.717) is 5.90 Å². The third-order valence-corrected chi connectivity index (χ3v) is 1.78. The first kappa shape index (κ1) is 9.04. The summed E-state index contributed by atoms with van der Waals surface area (Å²) in [7, 11) is -1.42. The summed E-state index contributed by atoms with van der Waals surface area (Å²) in [6.45, 7) is 8.13. The van der Waals surface area contributed by atoms with E-state index >= 15 is 0 Å². The normalized spacial score (nSPS) is 13.7. The largest absolute Gasteiger partial charge is 0.534 e.